The van der Waals surface area contributed by atoms with Crippen molar-refractivity contribution in [2.24, 2.45) is 0 Å². The minimum absolute atomic E-state index is 0.163. The molecular weight excluding hydrogens is 318 g/mol. The lowest BCUT2D eigenvalue weighted by molar-refractivity contribution is -0.131. The number of rotatable bonds is 3. The fraction of sp³-hybridized carbons (Fsp3) is 0.550. The number of nitrogens with zero attached hydrogens (tertiary/aromatic N) is 1. The van der Waals surface area contributed by atoms with Crippen LogP contribution in [0, 0.1) is 11.8 Å². The maximum absolute atomic E-state index is 12.6. The fourth-order valence-corrected chi connectivity index (χ4v) is 3.66. The van der Waals surface area contributed by atoms with Crippen LogP contribution in [0.15, 0.2) is 30.3 Å². The molecule has 2 atom stereocenters. The van der Waals surface area contributed by atoms with Gasteiger partial charge in [-0.15, -0.1) is 11.8 Å². The first-order valence-corrected chi connectivity index (χ1v) is 8.86. The molecule has 2 unspecified atom stereocenters. The molecule has 2 aliphatic heterocycles. The van der Waals surface area contributed by atoms with Gasteiger partial charge in [0, 0.05) is 12.8 Å². The average molecular weight is 343 g/mol. The Labute approximate surface area is 148 Å². The third-order valence-corrected chi connectivity index (χ3v) is 4.77. The molecule has 2 aliphatic rings. The van der Waals surface area contributed by atoms with E-state index in [1.165, 1.54) is 0 Å². The minimum Gasteiger partial charge on any atom is -0.445 e. The lowest BCUT2D eigenvalue weighted by Crippen LogP contribution is -2.63. The molecule has 3 rings (SSSR count). The number of ether oxygens (including phenoxy) is 2. The van der Waals surface area contributed by atoms with Gasteiger partial charge >= 0.3 is 6.09 Å². The zero-order valence-corrected chi connectivity index (χ0v) is 14.6. The zero-order valence-electron chi connectivity index (χ0n) is 14.6. The molecule has 2 bridgehead atoms. The van der Waals surface area contributed by atoms with Gasteiger partial charge in [-0.25, -0.2) is 4.79 Å². The van der Waals surface area contributed by atoms with Crippen molar-refractivity contribution in [1.29, 1.82) is 0 Å². The number of fused-ring (bicyclic) bond motifs is 2. The molecule has 2 heterocycles. The van der Waals surface area contributed by atoms with Crippen LogP contribution in [0.2, 0.25) is 0 Å². The van der Waals surface area contributed by atoms with Crippen molar-refractivity contribution < 1.29 is 19.4 Å². The molecular formula is C20H25NO4. The third kappa shape index (κ3) is 4.33. The number of carbonyl (C=O) groups is 1. The number of aliphatic hydroxyl groups is 1. The van der Waals surface area contributed by atoms with Crippen LogP contribution in [-0.2, 0) is 16.1 Å². The van der Waals surface area contributed by atoms with Crippen LogP contribution in [-0.4, -0.2) is 47.0 Å². The summed E-state index contributed by atoms with van der Waals surface area (Å²) in [6, 6.07) is 9.30. The first-order valence-electron chi connectivity index (χ1n) is 8.86. The number of hydrogen-bond donors (Lipinski definition) is 1. The predicted molar refractivity (Wildman–Crippen MR) is 93.7 cm³/mol. The van der Waals surface area contributed by atoms with Crippen molar-refractivity contribution in [1.82, 2.24) is 4.90 Å². The van der Waals surface area contributed by atoms with Gasteiger partial charge in [-0.3, -0.25) is 4.90 Å². The molecule has 1 N–H and O–H groups in total. The van der Waals surface area contributed by atoms with E-state index >= 15 is 0 Å². The molecule has 25 heavy (non-hydrogen) atoms. The lowest BCUT2D eigenvalue weighted by Gasteiger charge is -2.50. The highest BCUT2D eigenvalue weighted by Crippen LogP contribution is 2.36. The first-order chi connectivity index (χ1) is 12.1. The highest BCUT2D eigenvalue weighted by atomic mass is 16.6. The van der Waals surface area contributed by atoms with E-state index < -0.39 is 5.60 Å². The van der Waals surface area contributed by atoms with Crippen molar-refractivity contribution in [3.63, 3.8) is 0 Å². The molecule has 5 nitrogen and oxygen atoms in total. The fourth-order valence-electron chi connectivity index (χ4n) is 3.66. The van der Waals surface area contributed by atoms with Crippen LogP contribution in [0.25, 0.3) is 0 Å². The Bertz CT molecular complexity index is 635. The number of carbonyl (C=O) groups excluding carboxylic acids is 1. The van der Waals surface area contributed by atoms with Crippen molar-refractivity contribution in [3.05, 3.63) is 35.9 Å². The van der Waals surface area contributed by atoms with E-state index in [9.17, 15) is 9.90 Å². The summed E-state index contributed by atoms with van der Waals surface area (Å²) < 4.78 is 11.1. The number of amides is 1. The molecule has 0 spiro atoms. The SMILES string of the molecule is CCC#CCC1(O)CC2COCC(C1)N2C(=O)OCc1ccccc1. The standard InChI is InChI=1S/C20H25NO4/c1-2-3-7-10-20(23)11-17-14-24-15-18(12-20)21(17)19(22)25-13-16-8-5-4-6-9-16/h4-6,8-9,17-18,23H,2,10-15H2,1H3. The summed E-state index contributed by atoms with van der Waals surface area (Å²) in [4.78, 5) is 14.4. The highest BCUT2D eigenvalue weighted by molar-refractivity contribution is 5.69. The highest BCUT2D eigenvalue weighted by Gasteiger charge is 2.48. The van der Waals surface area contributed by atoms with E-state index in [1.54, 1.807) is 4.90 Å². The number of hydrogen-bond acceptors (Lipinski definition) is 4. The maximum Gasteiger partial charge on any atom is 0.410 e. The van der Waals surface area contributed by atoms with Crippen LogP contribution in [0.5, 0.6) is 0 Å². The Morgan fingerprint density at radius 2 is 1.96 bits per heavy atom. The van der Waals surface area contributed by atoms with Crippen molar-refractivity contribution in [2.75, 3.05) is 13.2 Å². The predicted octanol–water partition coefficient (Wildman–Crippen LogP) is 2.72. The van der Waals surface area contributed by atoms with Crippen LogP contribution in [0.1, 0.15) is 38.2 Å². The van der Waals surface area contributed by atoms with Gasteiger partial charge in [0.05, 0.1) is 30.9 Å². The second kappa shape index (κ2) is 7.90. The molecule has 2 saturated heterocycles. The molecule has 2 fully saturated rings. The van der Waals surface area contributed by atoms with Crippen molar-refractivity contribution >= 4 is 6.09 Å². The van der Waals surface area contributed by atoms with E-state index in [1.807, 2.05) is 37.3 Å². The summed E-state index contributed by atoms with van der Waals surface area (Å²) in [5.74, 6) is 6.06. The molecule has 0 radical (unpaired) electrons. The van der Waals surface area contributed by atoms with E-state index in [0.29, 0.717) is 32.5 Å². The summed E-state index contributed by atoms with van der Waals surface area (Å²) in [5.41, 5.74) is 0.109. The van der Waals surface area contributed by atoms with Crippen molar-refractivity contribution in [3.8, 4) is 11.8 Å². The smallest absolute Gasteiger partial charge is 0.410 e. The molecule has 0 saturated carbocycles. The summed E-state index contributed by atoms with van der Waals surface area (Å²) in [5, 5.41) is 10.9. The van der Waals surface area contributed by atoms with Gasteiger partial charge in [-0.2, -0.15) is 0 Å². The number of morpholine rings is 1. The van der Waals surface area contributed by atoms with Gasteiger partial charge in [0.15, 0.2) is 0 Å². The lowest BCUT2D eigenvalue weighted by atomic mass is 9.79. The quantitative estimate of drug-likeness (QED) is 0.858. The van der Waals surface area contributed by atoms with Gasteiger partial charge in [0.25, 0.3) is 0 Å². The second-order valence-electron chi connectivity index (χ2n) is 6.81. The number of benzene rings is 1. The average Bonchev–Trinajstić information content (AvgIpc) is 2.60. The largest absolute Gasteiger partial charge is 0.445 e. The maximum atomic E-state index is 12.6. The molecule has 1 amide bonds. The van der Waals surface area contributed by atoms with Crippen LogP contribution in [0.4, 0.5) is 4.79 Å². The van der Waals surface area contributed by atoms with Gasteiger partial charge < -0.3 is 14.6 Å². The van der Waals surface area contributed by atoms with Crippen LogP contribution >= 0.6 is 0 Å². The Morgan fingerprint density at radius 3 is 2.60 bits per heavy atom. The van der Waals surface area contributed by atoms with Crippen LogP contribution in [0.3, 0.4) is 0 Å². The Kier molecular flexibility index (Phi) is 5.62. The topological polar surface area (TPSA) is 59.0 Å². The normalized spacial score (nSPS) is 28.0. The summed E-state index contributed by atoms with van der Waals surface area (Å²) in [6.07, 6.45) is 1.85. The molecule has 5 heteroatoms. The zero-order chi connectivity index (χ0) is 17.7. The summed E-state index contributed by atoms with van der Waals surface area (Å²) in [7, 11) is 0. The summed E-state index contributed by atoms with van der Waals surface area (Å²) in [6.45, 7) is 3.11. The third-order valence-electron chi connectivity index (χ3n) is 4.77. The summed E-state index contributed by atoms with van der Waals surface area (Å²) >= 11 is 0. The van der Waals surface area contributed by atoms with E-state index in [-0.39, 0.29) is 24.8 Å². The Morgan fingerprint density at radius 1 is 1.28 bits per heavy atom. The van der Waals surface area contributed by atoms with E-state index in [0.717, 1.165) is 12.0 Å². The molecule has 0 aromatic heterocycles. The minimum atomic E-state index is -0.850. The van der Waals surface area contributed by atoms with Crippen LogP contribution < -0.4 is 0 Å². The van der Waals surface area contributed by atoms with E-state index in [4.69, 9.17) is 9.47 Å². The Hall–Kier alpha value is -2.03. The first kappa shape index (κ1) is 17.8. The Balaban J connectivity index is 1.63. The second-order valence-corrected chi connectivity index (χ2v) is 6.81. The molecule has 134 valence electrons. The van der Waals surface area contributed by atoms with Gasteiger partial charge in [0.1, 0.15) is 6.61 Å². The van der Waals surface area contributed by atoms with Gasteiger partial charge in [-0.05, 0) is 18.4 Å². The van der Waals surface area contributed by atoms with Gasteiger partial charge in [-0.1, -0.05) is 37.3 Å². The van der Waals surface area contributed by atoms with Crippen molar-refractivity contribution in [2.45, 2.75) is 56.9 Å². The monoisotopic (exact) mass is 343 g/mol. The molecule has 1 aromatic carbocycles. The van der Waals surface area contributed by atoms with Gasteiger partial charge in [0.2, 0.25) is 0 Å². The van der Waals surface area contributed by atoms with E-state index in [2.05, 4.69) is 11.8 Å². The number of piperidine rings is 1. The molecule has 0 aliphatic carbocycles. The molecule has 1 aromatic rings.